The highest BCUT2D eigenvalue weighted by atomic mass is 35.5. The SMILES string of the molecule is Cc1nc(N2CC3(C2)CN(c2nnc4n2-c2ccc(Cl)cc2CN(CC(F)(F)C2CC2)C4)C3)ccc1C#N. The number of aromatic nitrogens is 4. The van der Waals surface area contributed by atoms with Crippen LogP contribution in [0.3, 0.4) is 0 Å². The lowest BCUT2D eigenvalue weighted by Crippen LogP contribution is -2.73. The van der Waals surface area contributed by atoms with E-state index in [4.69, 9.17) is 16.9 Å². The van der Waals surface area contributed by atoms with Gasteiger partial charge in [-0.25, -0.2) is 13.8 Å². The van der Waals surface area contributed by atoms with Crippen molar-refractivity contribution in [2.75, 3.05) is 42.5 Å². The molecule has 196 valence electrons. The number of aryl methyl sites for hydroxylation is 1. The molecule has 3 fully saturated rings. The molecule has 3 aliphatic heterocycles. The van der Waals surface area contributed by atoms with Crippen molar-refractivity contribution in [2.45, 2.75) is 38.8 Å². The minimum Gasteiger partial charge on any atom is -0.355 e. The molecule has 0 N–H and O–H groups in total. The first-order valence-corrected chi connectivity index (χ1v) is 13.3. The van der Waals surface area contributed by atoms with Gasteiger partial charge < -0.3 is 9.80 Å². The molecule has 1 spiro atoms. The molecule has 8 nitrogen and oxygen atoms in total. The molecule has 3 aromatic rings. The fraction of sp³-hybridized carbons (Fsp3) is 0.481. The Kier molecular flexibility index (Phi) is 5.23. The molecule has 0 atom stereocenters. The van der Waals surface area contributed by atoms with Gasteiger partial charge in [0.2, 0.25) is 5.95 Å². The number of pyridine rings is 1. The summed E-state index contributed by atoms with van der Waals surface area (Å²) < 4.78 is 31.5. The van der Waals surface area contributed by atoms with E-state index in [0.717, 1.165) is 54.9 Å². The second-order valence-corrected chi connectivity index (χ2v) is 11.8. The van der Waals surface area contributed by atoms with Crippen molar-refractivity contribution in [3.8, 4) is 11.8 Å². The smallest absolute Gasteiger partial charge is 0.263 e. The molecule has 11 heteroatoms. The molecular weight excluding hydrogens is 510 g/mol. The van der Waals surface area contributed by atoms with Crippen molar-refractivity contribution in [2.24, 2.45) is 11.3 Å². The molecule has 5 heterocycles. The Morgan fingerprint density at radius 2 is 1.84 bits per heavy atom. The number of nitriles is 1. The van der Waals surface area contributed by atoms with Crippen LogP contribution in [0.5, 0.6) is 0 Å². The zero-order valence-electron chi connectivity index (χ0n) is 21.0. The molecule has 2 saturated heterocycles. The molecule has 1 aromatic carbocycles. The second kappa shape index (κ2) is 8.35. The topological polar surface area (TPSA) is 77.1 Å². The van der Waals surface area contributed by atoms with E-state index in [2.05, 4.69) is 31.1 Å². The summed E-state index contributed by atoms with van der Waals surface area (Å²) in [6, 6.07) is 11.5. The predicted molar refractivity (Wildman–Crippen MR) is 139 cm³/mol. The van der Waals surface area contributed by atoms with Crippen molar-refractivity contribution in [3.63, 3.8) is 0 Å². The van der Waals surface area contributed by atoms with Crippen LogP contribution >= 0.6 is 11.6 Å². The van der Waals surface area contributed by atoms with E-state index in [1.807, 2.05) is 41.8 Å². The minimum atomic E-state index is -2.71. The zero-order chi connectivity index (χ0) is 26.2. The Morgan fingerprint density at radius 1 is 1.08 bits per heavy atom. The van der Waals surface area contributed by atoms with Crippen LogP contribution in [0.25, 0.3) is 5.69 Å². The zero-order valence-corrected chi connectivity index (χ0v) is 21.8. The number of halogens is 3. The van der Waals surface area contributed by atoms with E-state index in [1.165, 1.54) is 0 Å². The predicted octanol–water partition coefficient (Wildman–Crippen LogP) is 4.18. The van der Waals surface area contributed by atoms with Gasteiger partial charge in [0.05, 0.1) is 30.0 Å². The Bertz CT molecular complexity index is 1460. The first-order valence-electron chi connectivity index (χ1n) is 12.9. The minimum absolute atomic E-state index is 0.155. The maximum atomic E-state index is 14.8. The van der Waals surface area contributed by atoms with Gasteiger partial charge in [-0.2, -0.15) is 5.26 Å². The molecule has 0 radical (unpaired) electrons. The molecule has 0 unspecified atom stereocenters. The quantitative estimate of drug-likeness (QED) is 0.484. The van der Waals surface area contributed by atoms with Crippen LogP contribution < -0.4 is 9.80 Å². The van der Waals surface area contributed by atoms with E-state index in [-0.39, 0.29) is 12.0 Å². The van der Waals surface area contributed by atoms with Gasteiger partial charge in [0.1, 0.15) is 11.9 Å². The number of fused-ring (bicyclic) bond motifs is 3. The summed E-state index contributed by atoms with van der Waals surface area (Å²) in [5.74, 6) is -0.910. The van der Waals surface area contributed by atoms with Gasteiger partial charge in [-0.1, -0.05) is 11.6 Å². The van der Waals surface area contributed by atoms with Crippen molar-refractivity contribution in [1.82, 2.24) is 24.6 Å². The summed E-state index contributed by atoms with van der Waals surface area (Å²) in [6.45, 7) is 5.70. The summed E-state index contributed by atoms with van der Waals surface area (Å²) in [7, 11) is 0. The average molecular weight is 537 g/mol. The van der Waals surface area contributed by atoms with Crippen LogP contribution in [-0.2, 0) is 13.1 Å². The summed E-state index contributed by atoms with van der Waals surface area (Å²) >= 11 is 6.32. The lowest BCUT2D eigenvalue weighted by molar-refractivity contribution is -0.0558. The van der Waals surface area contributed by atoms with Crippen molar-refractivity contribution < 1.29 is 8.78 Å². The first kappa shape index (κ1) is 23.8. The largest absolute Gasteiger partial charge is 0.355 e. The maximum absolute atomic E-state index is 14.8. The lowest BCUT2D eigenvalue weighted by Gasteiger charge is -2.60. The molecule has 2 aromatic heterocycles. The van der Waals surface area contributed by atoms with E-state index >= 15 is 0 Å². The molecule has 1 aliphatic carbocycles. The highest BCUT2D eigenvalue weighted by Crippen LogP contribution is 2.46. The Labute approximate surface area is 224 Å². The molecule has 4 aliphatic rings. The lowest BCUT2D eigenvalue weighted by atomic mass is 9.73. The number of nitrogens with zero attached hydrogens (tertiary/aromatic N) is 8. The molecule has 7 rings (SSSR count). The Balaban J connectivity index is 1.11. The summed E-state index contributed by atoms with van der Waals surface area (Å²) in [5.41, 5.74) is 3.30. The number of hydrogen-bond donors (Lipinski definition) is 0. The van der Waals surface area contributed by atoms with E-state index in [0.29, 0.717) is 42.3 Å². The summed E-state index contributed by atoms with van der Waals surface area (Å²) in [4.78, 5) is 10.8. The standard InChI is InChI=1S/C27H27ClF2N8/c1-17-18(9-31)2-7-23(32-17)36-12-26(13-36)14-37(15-26)25-34-33-24-11-35(16-27(29,30)20-3-4-20)10-19-8-21(28)5-6-22(19)38(24)25/h2,5-8,20H,3-4,10-16H2,1H3. The van der Waals surface area contributed by atoms with Crippen LogP contribution in [0.1, 0.15) is 35.5 Å². The van der Waals surface area contributed by atoms with Gasteiger partial charge in [0.25, 0.3) is 5.92 Å². The van der Waals surface area contributed by atoms with Gasteiger partial charge in [-0.05, 0) is 55.7 Å². The van der Waals surface area contributed by atoms with Gasteiger partial charge in [0.15, 0.2) is 5.82 Å². The Hall–Kier alpha value is -3.29. The molecular formula is C27H27ClF2N8. The highest BCUT2D eigenvalue weighted by molar-refractivity contribution is 6.30. The molecule has 0 amide bonds. The molecule has 1 saturated carbocycles. The van der Waals surface area contributed by atoms with Crippen molar-refractivity contribution in [1.29, 1.82) is 5.26 Å². The summed E-state index contributed by atoms with van der Waals surface area (Å²) in [5, 5.41) is 18.7. The first-order chi connectivity index (χ1) is 18.2. The third kappa shape index (κ3) is 3.91. The van der Waals surface area contributed by atoms with Crippen LogP contribution in [0, 0.1) is 29.6 Å². The molecule has 38 heavy (non-hydrogen) atoms. The third-order valence-corrected chi connectivity index (χ3v) is 8.50. The van der Waals surface area contributed by atoms with Gasteiger partial charge in [-0.3, -0.25) is 9.47 Å². The van der Waals surface area contributed by atoms with Crippen LogP contribution in [0.2, 0.25) is 5.02 Å². The highest BCUT2D eigenvalue weighted by Gasteiger charge is 2.54. The average Bonchev–Trinajstić information content (AvgIpc) is 3.62. The Morgan fingerprint density at radius 3 is 2.55 bits per heavy atom. The van der Waals surface area contributed by atoms with Crippen LogP contribution in [0.4, 0.5) is 20.5 Å². The summed E-state index contributed by atoms with van der Waals surface area (Å²) in [6.07, 6.45) is 1.19. The van der Waals surface area contributed by atoms with E-state index in [9.17, 15) is 8.78 Å². The number of rotatable bonds is 5. The molecule has 0 bridgehead atoms. The maximum Gasteiger partial charge on any atom is 0.263 e. The van der Waals surface area contributed by atoms with Crippen LogP contribution in [-0.4, -0.2) is 63.3 Å². The van der Waals surface area contributed by atoms with Gasteiger partial charge in [0, 0.05) is 49.1 Å². The number of benzene rings is 1. The normalized spacial score (nSPS) is 20.3. The van der Waals surface area contributed by atoms with Crippen molar-refractivity contribution >= 4 is 23.4 Å². The fourth-order valence-electron chi connectivity index (χ4n) is 6.17. The monoisotopic (exact) mass is 536 g/mol. The van der Waals surface area contributed by atoms with Gasteiger partial charge in [-0.15, -0.1) is 10.2 Å². The number of alkyl halides is 2. The number of hydrogen-bond acceptors (Lipinski definition) is 7. The second-order valence-electron chi connectivity index (χ2n) is 11.3. The van der Waals surface area contributed by atoms with E-state index in [1.54, 1.807) is 4.90 Å². The fourth-order valence-corrected chi connectivity index (χ4v) is 6.37. The van der Waals surface area contributed by atoms with Crippen molar-refractivity contribution in [3.05, 3.63) is 58.0 Å². The third-order valence-electron chi connectivity index (χ3n) is 8.27. The van der Waals surface area contributed by atoms with E-state index < -0.39 is 11.8 Å². The van der Waals surface area contributed by atoms with Crippen LogP contribution in [0.15, 0.2) is 30.3 Å². The van der Waals surface area contributed by atoms with Gasteiger partial charge >= 0.3 is 0 Å². The number of anilines is 2.